The lowest BCUT2D eigenvalue weighted by atomic mass is 10.2. The van der Waals surface area contributed by atoms with Crippen LogP contribution in [0.3, 0.4) is 0 Å². The molecule has 1 aromatic heterocycles. The van der Waals surface area contributed by atoms with E-state index in [4.69, 9.17) is 0 Å². The van der Waals surface area contributed by atoms with Crippen molar-refractivity contribution in [1.82, 2.24) is 4.98 Å². The van der Waals surface area contributed by atoms with Gasteiger partial charge in [0.1, 0.15) is 11.6 Å². The number of carbonyl (C=O) groups excluding carboxylic acids is 1. The molecule has 2 aromatic rings. The number of nitrogens with zero attached hydrogens (tertiary/aromatic N) is 1. The first-order valence-electron chi connectivity index (χ1n) is 6.81. The maximum absolute atomic E-state index is 13.1. The molecule has 0 saturated carbocycles. The Morgan fingerprint density at radius 3 is 2.71 bits per heavy atom. The molecule has 0 atom stereocenters. The van der Waals surface area contributed by atoms with E-state index >= 15 is 0 Å². The molecule has 0 aliphatic rings. The third-order valence-electron chi connectivity index (χ3n) is 2.81. The van der Waals surface area contributed by atoms with Gasteiger partial charge in [-0.15, -0.1) is 0 Å². The van der Waals surface area contributed by atoms with Gasteiger partial charge in [0.15, 0.2) is 0 Å². The number of carbonyl (C=O) groups is 1. The number of amides is 1. The van der Waals surface area contributed by atoms with Crippen molar-refractivity contribution < 1.29 is 9.18 Å². The van der Waals surface area contributed by atoms with Crippen LogP contribution in [0.15, 0.2) is 42.6 Å². The second-order valence-electron chi connectivity index (χ2n) is 5.17. The number of aromatic nitrogens is 1. The van der Waals surface area contributed by atoms with Gasteiger partial charge in [-0.1, -0.05) is 19.9 Å². The lowest BCUT2D eigenvalue weighted by Gasteiger charge is -2.09. The van der Waals surface area contributed by atoms with Gasteiger partial charge in [-0.3, -0.25) is 4.79 Å². The topological polar surface area (TPSA) is 54.0 Å². The molecule has 0 radical (unpaired) electrons. The van der Waals surface area contributed by atoms with Gasteiger partial charge < -0.3 is 10.6 Å². The number of anilines is 2. The predicted molar refractivity (Wildman–Crippen MR) is 81.9 cm³/mol. The number of nitrogens with one attached hydrogen (secondary N) is 2. The highest BCUT2D eigenvalue weighted by Gasteiger charge is 2.07. The molecule has 0 unspecified atom stereocenters. The molecule has 0 aliphatic carbocycles. The van der Waals surface area contributed by atoms with Crippen LogP contribution in [0.1, 0.15) is 24.2 Å². The van der Waals surface area contributed by atoms with Crippen molar-refractivity contribution in [3.05, 3.63) is 54.0 Å². The molecule has 0 spiro atoms. The van der Waals surface area contributed by atoms with Crippen molar-refractivity contribution in [1.29, 1.82) is 0 Å². The molecule has 1 heterocycles. The smallest absolute Gasteiger partial charge is 0.256 e. The van der Waals surface area contributed by atoms with Crippen molar-refractivity contribution >= 4 is 17.4 Å². The lowest BCUT2D eigenvalue weighted by molar-refractivity contribution is 0.102. The van der Waals surface area contributed by atoms with E-state index in [1.807, 2.05) is 6.07 Å². The van der Waals surface area contributed by atoms with Crippen LogP contribution in [0.25, 0.3) is 0 Å². The predicted octanol–water partition coefficient (Wildman–Crippen LogP) is 3.54. The minimum atomic E-state index is -0.441. The van der Waals surface area contributed by atoms with Crippen LogP contribution in [-0.4, -0.2) is 17.4 Å². The van der Waals surface area contributed by atoms with Crippen LogP contribution >= 0.6 is 0 Å². The summed E-state index contributed by atoms with van der Waals surface area (Å²) in [5.41, 5.74) is 1.16. The second-order valence-corrected chi connectivity index (χ2v) is 5.17. The summed E-state index contributed by atoms with van der Waals surface area (Å²) in [5.74, 6) is 0.144. The third-order valence-corrected chi connectivity index (χ3v) is 2.81. The van der Waals surface area contributed by atoms with Crippen molar-refractivity contribution in [3.8, 4) is 0 Å². The fraction of sp³-hybridized carbons (Fsp3) is 0.250. The molecule has 0 bridgehead atoms. The molecule has 2 N–H and O–H groups in total. The number of halogens is 1. The van der Waals surface area contributed by atoms with Gasteiger partial charge in [-0.2, -0.15) is 0 Å². The van der Waals surface area contributed by atoms with Crippen LogP contribution in [-0.2, 0) is 0 Å². The Bertz CT molecular complexity index is 611. The van der Waals surface area contributed by atoms with E-state index < -0.39 is 5.82 Å². The average Bonchev–Trinajstić information content (AvgIpc) is 2.46. The highest BCUT2D eigenvalue weighted by molar-refractivity contribution is 6.03. The SMILES string of the molecule is CC(C)CNc1ccc(NC(=O)c2cccc(F)c2)nc1. The van der Waals surface area contributed by atoms with E-state index in [0.717, 1.165) is 12.2 Å². The number of benzene rings is 1. The third kappa shape index (κ3) is 4.56. The van der Waals surface area contributed by atoms with Crippen LogP contribution in [0, 0.1) is 11.7 Å². The van der Waals surface area contributed by atoms with E-state index in [2.05, 4.69) is 29.5 Å². The zero-order chi connectivity index (χ0) is 15.2. The standard InChI is InChI=1S/C16H18FN3O/c1-11(2)9-18-14-6-7-15(19-10-14)20-16(21)12-4-3-5-13(17)8-12/h3-8,10-11,18H,9H2,1-2H3,(H,19,20,21). The van der Waals surface area contributed by atoms with Gasteiger partial charge in [0, 0.05) is 12.1 Å². The zero-order valence-corrected chi connectivity index (χ0v) is 12.1. The molecular weight excluding hydrogens is 269 g/mol. The molecule has 21 heavy (non-hydrogen) atoms. The summed E-state index contributed by atoms with van der Waals surface area (Å²) in [6.45, 7) is 5.10. The molecule has 0 fully saturated rings. The fourth-order valence-electron chi connectivity index (χ4n) is 1.71. The van der Waals surface area contributed by atoms with E-state index in [-0.39, 0.29) is 11.5 Å². The van der Waals surface area contributed by atoms with Crippen LogP contribution in [0.5, 0.6) is 0 Å². The highest BCUT2D eigenvalue weighted by atomic mass is 19.1. The number of pyridine rings is 1. The number of hydrogen-bond acceptors (Lipinski definition) is 3. The Balaban J connectivity index is 1.98. The molecule has 110 valence electrons. The highest BCUT2D eigenvalue weighted by Crippen LogP contribution is 2.12. The number of rotatable bonds is 5. The van der Waals surface area contributed by atoms with Crippen molar-refractivity contribution in [2.75, 3.05) is 17.2 Å². The van der Waals surface area contributed by atoms with Crippen LogP contribution in [0.2, 0.25) is 0 Å². The quantitative estimate of drug-likeness (QED) is 0.884. The van der Waals surface area contributed by atoms with Crippen LogP contribution < -0.4 is 10.6 Å². The largest absolute Gasteiger partial charge is 0.384 e. The number of hydrogen-bond donors (Lipinski definition) is 2. The molecule has 0 aliphatic heterocycles. The van der Waals surface area contributed by atoms with Crippen LogP contribution in [0.4, 0.5) is 15.9 Å². The first-order valence-corrected chi connectivity index (χ1v) is 6.81. The Morgan fingerprint density at radius 2 is 2.10 bits per heavy atom. The summed E-state index contributed by atoms with van der Waals surface area (Å²) in [6.07, 6.45) is 1.66. The first kappa shape index (κ1) is 15.0. The molecule has 1 amide bonds. The van der Waals surface area contributed by atoms with E-state index in [1.165, 1.54) is 18.2 Å². The molecular formula is C16H18FN3O. The average molecular weight is 287 g/mol. The molecule has 0 saturated heterocycles. The zero-order valence-electron chi connectivity index (χ0n) is 12.1. The molecule has 2 rings (SSSR count). The second kappa shape index (κ2) is 6.83. The Labute approximate surface area is 123 Å². The van der Waals surface area contributed by atoms with Gasteiger partial charge in [0.05, 0.1) is 11.9 Å². The van der Waals surface area contributed by atoms with Crippen molar-refractivity contribution in [2.24, 2.45) is 5.92 Å². The normalized spacial score (nSPS) is 10.5. The molecule has 1 aromatic carbocycles. The summed E-state index contributed by atoms with van der Waals surface area (Å²) in [4.78, 5) is 16.1. The minimum Gasteiger partial charge on any atom is -0.384 e. The van der Waals surface area contributed by atoms with Gasteiger partial charge in [-0.05, 0) is 36.2 Å². The lowest BCUT2D eigenvalue weighted by Crippen LogP contribution is -2.13. The minimum absolute atomic E-state index is 0.263. The van der Waals surface area contributed by atoms with E-state index in [9.17, 15) is 9.18 Å². The Morgan fingerprint density at radius 1 is 1.29 bits per heavy atom. The summed E-state index contributed by atoms with van der Waals surface area (Å²) >= 11 is 0. The van der Waals surface area contributed by atoms with Gasteiger partial charge in [-0.25, -0.2) is 9.37 Å². The van der Waals surface area contributed by atoms with Gasteiger partial charge >= 0.3 is 0 Å². The maximum Gasteiger partial charge on any atom is 0.256 e. The van der Waals surface area contributed by atoms with Gasteiger partial charge in [0.2, 0.25) is 0 Å². The summed E-state index contributed by atoms with van der Waals surface area (Å²) in [5, 5.41) is 5.87. The molecule has 5 heteroatoms. The first-order chi connectivity index (χ1) is 10.0. The Hall–Kier alpha value is -2.43. The van der Waals surface area contributed by atoms with Crippen molar-refractivity contribution in [3.63, 3.8) is 0 Å². The molecule has 4 nitrogen and oxygen atoms in total. The monoisotopic (exact) mass is 287 g/mol. The van der Waals surface area contributed by atoms with Gasteiger partial charge in [0.25, 0.3) is 5.91 Å². The maximum atomic E-state index is 13.1. The van der Waals surface area contributed by atoms with Crippen molar-refractivity contribution in [2.45, 2.75) is 13.8 Å². The summed E-state index contributed by atoms with van der Waals surface area (Å²) in [7, 11) is 0. The fourth-order valence-corrected chi connectivity index (χ4v) is 1.71. The summed E-state index contributed by atoms with van der Waals surface area (Å²) < 4.78 is 13.1. The van der Waals surface area contributed by atoms with E-state index in [1.54, 1.807) is 18.3 Å². The summed E-state index contributed by atoms with van der Waals surface area (Å²) in [6, 6.07) is 9.09. The van der Waals surface area contributed by atoms with E-state index in [0.29, 0.717) is 11.7 Å². The Kier molecular flexibility index (Phi) is 4.87.